The SMILES string of the molecule is CCN(Cc1ccc(C(=O)OC)cc1)C(=O)c1cc(Cl)c(O)cc1O. The van der Waals surface area contributed by atoms with Crippen molar-refractivity contribution in [3.05, 3.63) is 58.1 Å². The van der Waals surface area contributed by atoms with Crippen LogP contribution in [0.5, 0.6) is 11.5 Å². The van der Waals surface area contributed by atoms with Gasteiger partial charge < -0.3 is 19.8 Å². The van der Waals surface area contributed by atoms with Gasteiger partial charge in [0.25, 0.3) is 5.91 Å². The highest BCUT2D eigenvalue weighted by atomic mass is 35.5. The van der Waals surface area contributed by atoms with E-state index in [2.05, 4.69) is 4.74 Å². The number of carbonyl (C=O) groups excluding carboxylic acids is 2. The molecule has 2 aromatic carbocycles. The molecule has 2 aromatic rings. The Morgan fingerprint density at radius 1 is 1.12 bits per heavy atom. The Bertz CT molecular complexity index is 789. The van der Waals surface area contributed by atoms with Crippen LogP contribution in [-0.4, -0.2) is 40.6 Å². The quantitative estimate of drug-likeness (QED) is 0.796. The van der Waals surface area contributed by atoms with Crippen LogP contribution >= 0.6 is 11.6 Å². The largest absolute Gasteiger partial charge is 0.507 e. The number of carbonyl (C=O) groups is 2. The molecule has 0 aromatic heterocycles. The minimum Gasteiger partial charge on any atom is -0.507 e. The molecule has 2 N–H and O–H groups in total. The van der Waals surface area contributed by atoms with Crippen LogP contribution in [-0.2, 0) is 11.3 Å². The Labute approximate surface area is 150 Å². The molecule has 132 valence electrons. The lowest BCUT2D eigenvalue weighted by molar-refractivity contribution is 0.0600. The molecule has 0 saturated carbocycles. The van der Waals surface area contributed by atoms with Crippen LogP contribution < -0.4 is 0 Å². The third-order valence-corrected chi connectivity index (χ3v) is 4.02. The average molecular weight is 364 g/mol. The number of amides is 1. The first-order chi connectivity index (χ1) is 11.9. The second kappa shape index (κ2) is 7.90. The number of hydrogen-bond donors (Lipinski definition) is 2. The summed E-state index contributed by atoms with van der Waals surface area (Å²) in [6, 6.07) is 8.96. The van der Waals surface area contributed by atoms with Gasteiger partial charge in [0.15, 0.2) is 0 Å². The number of halogens is 1. The van der Waals surface area contributed by atoms with Gasteiger partial charge in [0.2, 0.25) is 0 Å². The molecule has 0 heterocycles. The van der Waals surface area contributed by atoms with E-state index >= 15 is 0 Å². The van der Waals surface area contributed by atoms with Gasteiger partial charge in [0.1, 0.15) is 11.5 Å². The molecule has 0 atom stereocenters. The Hall–Kier alpha value is -2.73. The monoisotopic (exact) mass is 363 g/mol. The van der Waals surface area contributed by atoms with Crippen LogP contribution in [0.3, 0.4) is 0 Å². The number of benzene rings is 2. The fourth-order valence-electron chi connectivity index (χ4n) is 2.30. The predicted molar refractivity (Wildman–Crippen MR) is 93.0 cm³/mol. The summed E-state index contributed by atoms with van der Waals surface area (Å²) in [4.78, 5) is 25.6. The lowest BCUT2D eigenvalue weighted by Crippen LogP contribution is -2.30. The fourth-order valence-corrected chi connectivity index (χ4v) is 2.47. The van der Waals surface area contributed by atoms with Gasteiger partial charge in [-0.05, 0) is 30.7 Å². The van der Waals surface area contributed by atoms with E-state index in [0.29, 0.717) is 12.1 Å². The van der Waals surface area contributed by atoms with Crippen LogP contribution in [0.1, 0.15) is 33.2 Å². The molecule has 0 aliphatic rings. The highest BCUT2D eigenvalue weighted by Gasteiger charge is 2.20. The van der Waals surface area contributed by atoms with Gasteiger partial charge in [0, 0.05) is 19.2 Å². The molecule has 0 aliphatic carbocycles. The van der Waals surface area contributed by atoms with E-state index in [4.69, 9.17) is 11.6 Å². The summed E-state index contributed by atoms with van der Waals surface area (Å²) in [6.45, 7) is 2.49. The second-order valence-corrected chi connectivity index (χ2v) is 5.74. The van der Waals surface area contributed by atoms with E-state index in [-0.39, 0.29) is 28.6 Å². The van der Waals surface area contributed by atoms with Crippen LogP contribution in [0.4, 0.5) is 0 Å². The summed E-state index contributed by atoms with van der Waals surface area (Å²) in [6.07, 6.45) is 0. The third kappa shape index (κ3) is 4.22. The van der Waals surface area contributed by atoms with Gasteiger partial charge in [-0.15, -0.1) is 0 Å². The Balaban J connectivity index is 2.21. The molecule has 0 unspecified atom stereocenters. The molecule has 0 fully saturated rings. The maximum absolute atomic E-state index is 12.6. The summed E-state index contributed by atoms with van der Waals surface area (Å²) < 4.78 is 4.64. The maximum atomic E-state index is 12.6. The molecular weight excluding hydrogens is 346 g/mol. The average Bonchev–Trinajstić information content (AvgIpc) is 2.62. The van der Waals surface area contributed by atoms with Crippen molar-refractivity contribution in [2.24, 2.45) is 0 Å². The van der Waals surface area contributed by atoms with Crippen molar-refractivity contribution in [3.63, 3.8) is 0 Å². The summed E-state index contributed by atoms with van der Waals surface area (Å²) in [5, 5.41) is 19.4. The van der Waals surface area contributed by atoms with Crippen molar-refractivity contribution < 1.29 is 24.5 Å². The highest BCUT2D eigenvalue weighted by molar-refractivity contribution is 6.32. The first-order valence-electron chi connectivity index (χ1n) is 7.55. The Morgan fingerprint density at radius 2 is 1.76 bits per heavy atom. The van der Waals surface area contributed by atoms with Crippen LogP contribution in [0.25, 0.3) is 0 Å². The molecule has 1 amide bonds. The van der Waals surface area contributed by atoms with Crippen molar-refractivity contribution in [1.29, 1.82) is 0 Å². The van der Waals surface area contributed by atoms with Crippen LogP contribution in [0.15, 0.2) is 36.4 Å². The summed E-state index contributed by atoms with van der Waals surface area (Å²) in [5.41, 5.74) is 1.24. The lowest BCUT2D eigenvalue weighted by Gasteiger charge is -2.22. The summed E-state index contributed by atoms with van der Waals surface area (Å²) in [5.74, 6) is -1.49. The zero-order valence-corrected chi connectivity index (χ0v) is 14.6. The highest BCUT2D eigenvalue weighted by Crippen LogP contribution is 2.31. The zero-order valence-electron chi connectivity index (χ0n) is 13.8. The molecule has 0 radical (unpaired) electrons. The molecule has 0 aliphatic heterocycles. The van der Waals surface area contributed by atoms with Crippen LogP contribution in [0, 0.1) is 0 Å². The second-order valence-electron chi connectivity index (χ2n) is 5.33. The van der Waals surface area contributed by atoms with Gasteiger partial charge in [0.05, 0.1) is 23.3 Å². The van der Waals surface area contributed by atoms with Crippen LogP contribution in [0.2, 0.25) is 5.02 Å². The number of phenolic OH excluding ortho intramolecular Hbond substituents is 2. The molecule has 25 heavy (non-hydrogen) atoms. The Morgan fingerprint density at radius 3 is 2.32 bits per heavy atom. The van der Waals surface area contributed by atoms with E-state index in [1.54, 1.807) is 31.2 Å². The minimum absolute atomic E-state index is 0.0100. The van der Waals surface area contributed by atoms with Crippen molar-refractivity contribution >= 4 is 23.5 Å². The van der Waals surface area contributed by atoms with E-state index in [0.717, 1.165) is 11.6 Å². The number of aromatic hydroxyl groups is 2. The lowest BCUT2D eigenvalue weighted by atomic mass is 10.1. The summed E-state index contributed by atoms with van der Waals surface area (Å²) >= 11 is 5.82. The number of rotatable bonds is 5. The van der Waals surface area contributed by atoms with Gasteiger partial charge in [-0.25, -0.2) is 4.79 Å². The molecule has 7 heteroatoms. The number of phenols is 2. The third-order valence-electron chi connectivity index (χ3n) is 3.71. The number of esters is 1. The molecular formula is C18H18ClNO5. The van der Waals surface area contributed by atoms with Gasteiger partial charge in [-0.1, -0.05) is 23.7 Å². The van der Waals surface area contributed by atoms with Crippen molar-refractivity contribution in [2.75, 3.05) is 13.7 Å². The molecule has 0 saturated heterocycles. The summed E-state index contributed by atoms with van der Waals surface area (Å²) in [7, 11) is 1.31. The normalized spacial score (nSPS) is 10.4. The van der Waals surface area contributed by atoms with E-state index in [1.807, 2.05) is 0 Å². The topological polar surface area (TPSA) is 87.1 Å². The first kappa shape index (κ1) is 18.6. The van der Waals surface area contributed by atoms with Gasteiger partial charge in [-0.3, -0.25) is 4.79 Å². The molecule has 2 rings (SSSR count). The number of hydrogen-bond acceptors (Lipinski definition) is 5. The van der Waals surface area contributed by atoms with Crippen molar-refractivity contribution in [2.45, 2.75) is 13.5 Å². The molecule has 0 bridgehead atoms. The first-order valence-corrected chi connectivity index (χ1v) is 7.93. The zero-order chi connectivity index (χ0) is 18.6. The number of ether oxygens (including phenoxy) is 1. The molecule has 6 nitrogen and oxygen atoms in total. The number of nitrogens with zero attached hydrogens (tertiary/aromatic N) is 1. The van der Waals surface area contributed by atoms with Crippen molar-refractivity contribution in [3.8, 4) is 11.5 Å². The van der Waals surface area contributed by atoms with E-state index in [1.165, 1.54) is 18.1 Å². The van der Waals surface area contributed by atoms with Gasteiger partial charge >= 0.3 is 5.97 Å². The van der Waals surface area contributed by atoms with Gasteiger partial charge in [-0.2, -0.15) is 0 Å². The fraction of sp³-hybridized carbons (Fsp3) is 0.222. The van der Waals surface area contributed by atoms with E-state index < -0.39 is 11.9 Å². The molecule has 0 spiro atoms. The van der Waals surface area contributed by atoms with Crippen molar-refractivity contribution in [1.82, 2.24) is 4.90 Å². The van der Waals surface area contributed by atoms with E-state index in [9.17, 15) is 19.8 Å². The number of methoxy groups -OCH3 is 1. The minimum atomic E-state index is -0.432. The smallest absolute Gasteiger partial charge is 0.337 e. The maximum Gasteiger partial charge on any atom is 0.337 e. The predicted octanol–water partition coefficient (Wildman–Crippen LogP) is 3.20. The standard InChI is InChI=1S/C18H18ClNO5/c1-3-20(10-11-4-6-12(7-5-11)18(24)25-2)17(23)13-8-14(19)16(22)9-15(13)21/h4-9,21-22H,3,10H2,1-2H3. The Kier molecular flexibility index (Phi) is 5.88.